The van der Waals surface area contributed by atoms with E-state index in [0.29, 0.717) is 10.8 Å². The Balaban J connectivity index is 1.94. The lowest BCUT2D eigenvalue weighted by molar-refractivity contribution is -0.133. The second-order valence-electron chi connectivity index (χ2n) is 5.32. The standard InChI is InChI=1S/C15H17N3O3/c19-13(17-8-4-1-5-9-17)10-18-15(21)12-7-3-2-6-11(12)14(20)16-18/h2-3,6-7H,1,4-5,8-10H2,(H,16,20). The van der Waals surface area contributed by atoms with Gasteiger partial charge in [0, 0.05) is 13.1 Å². The number of aromatic amines is 1. The summed E-state index contributed by atoms with van der Waals surface area (Å²) < 4.78 is 1.11. The van der Waals surface area contributed by atoms with Gasteiger partial charge in [-0.25, -0.2) is 4.68 Å². The van der Waals surface area contributed by atoms with Crippen LogP contribution in [0.15, 0.2) is 33.9 Å². The molecule has 1 aliphatic heterocycles. The Labute approximate surface area is 121 Å². The molecule has 2 heterocycles. The smallest absolute Gasteiger partial charge is 0.273 e. The summed E-state index contributed by atoms with van der Waals surface area (Å²) >= 11 is 0. The van der Waals surface area contributed by atoms with E-state index in [-0.39, 0.29) is 23.6 Å². The molecule has 110 valence electrons. The van der Waals surface area contributed by atoms with Crippen LogP contribution >= 0.6 is 0 Å². The zero-order chi connectivity index (χ0) is 14.8. The molecule has 21 heavy (non-hydrogen) atoms. The number of carbonyl (C=O) groups excluding carboxylic acids is 1. The van der Waals surface area contributed by atoms with Crippen LogP contribution in [0, 0.1) is 0 Å². The van der Waals surface area contributed by atoms with Gasteiger partial charge in [-0.3, -0.25) is 19.5 Å². The molecule has 0 saturated carbocycles. The Morgan fingerprint density at radius 2 is 1.71 bits per heavy atom. The van der Waals surface area contributed by atoms with Crippen LogP contribution in [-0.4, -0.2) is 33.7 Å². The predicted molar refractivity (Wildman–Crippen MR) is 79.3 cm³/mol. The van der Waals surface area contributed by atoms with Gasteiger partial charge in [0.1, 0.15) is 6.54 Å². The van der Waals surface area contributed by atoms with Crippen molar-refractivity contribution in [1.29, 1.82) is 0 Å². The highest BCUT2D eigenvalue weighted by Gasteiger charge is 2.18. The number of aromatic nitrogens is 2. The van der Waals surface area contributed by atoms with Crippen molar-refractivity contribution >= 4 is 16.7 Å². The van der Waals surface area contributed by atoms with Crippen LogP contribution in [0.2, 0.25) is 0 Å². The number of hydrogen-bond acceptors (Lipinski definition) is 3. The Hall–Kier alpha value is -2.37. The Morgan fingerprint density at radius 1 is 1.05 bits per heavy atom. The Morgan fingerprint density at radius 3 is 2.43 bits per heavy atom. The minimum absolute atomic E-state index is 0.112. The van der Waals surface area contributed by atoms with E-state index in [2.05, 4.69) is 5.10 Å². The van der Waals surface area contributed by atoms with Crippen LogP contribution in [0.4, 0.5) is 0 Å². The van der Waals surface area contributed by atoms with Gasteiger partial charge in [-0.2, -0.15) is 0 Å². The van der Waals surface area contributed by atoms with Crippen molar-refractivity contribution in [3.05, 3.63) is 45.0 Å². The maximum absolute atomic E-state index is 12.3. The molecule has 1 aromatic heterocycles. The van der Waals surface area contributed by atoms with Crippen LogP contribution in [0.5, 0.6) is 0 Å². The SMILES string of the molecule is O=C(Cn1[nH]c(=O)c2ccccc2c1=O)N1CCCCC1. The van der Waals surface area contributed by atoms with Crippen LogP contribution in [0.1, 0.15) is 19.3 Å². The predicted octanol–water partition coefficient (Wildman–Crippen LogP) is 0.702. The Bertz CT molecular complexity index is 785. The zero-order valence-electron chi connectivity index (χ0n) is 11.7. The molecule has 0 atom stereocenters. The van der Waals surface area contributed by atoms with Gasteiger partial charge in [-0.05, 0) is 31.4 Å². The minimum Gasteiger partial charge on any atom is -0.341 e. The molecular weight excluding hydrogens is 270 g/mol. The summed E-state index contributed by atoms with van der Waals surface area (Å²) in [5.74, 6) is -0.122. The van der Waals surface area contributed by atoms with Crippen molar-refractivity contribution in [2.75, 3.05) is 13.1 Å². The molecule has 1 aromatic carbocycles. The maximum atomic E-state index is 12.3. The van der Waals surface area contributed by atoms with E-state index in [1.807, 2.05) is 0 Å². The molecule has 6 nitrogen and oxygen atoms in total. The topological polar surface area (TPSA) is 75.2 Å². The first-order valence-electron chi connectivity index (χ1n) is 7.16. The molecular formula is C15H17N3O3. The molecule has 1 fully saturated rings. The number of nitrogens with one attached hydrogen (secondary N) is 1. The molecule has 0 bridgehead atoms. The molecule has 0 spiro atoms. The molecule has 1 amide bonds. The first-order chi connectivity index (χ1) is 10.2. The number of fused-ring (bicyclic) bond motifs is 1. The summed E-state index contributed by atoms with van der Waals surface area (Å²) in [6.07, 6.45) is 3.13. The molecule has 1 saturated heterocycles. The quantitative estimate of drug-likeness (QED) is 0.883. The summed E-state index contributed by atoms with van der Waals surface area (Å²) in [6, 6.07) is 6.63. The molecule has 1 N–H and O–H groups in total. The molecule has 1 aliphatic rings. The second-order valence-corrected chi connectivity index (χ2v) is 5.32. The zero-order valence-corrected chi connectivity index (χ0v) is 11.7. The summed E-state index contributed by atoms with van der Waals surface area (Å²) in [6.45, 7) is 1.34. The van der Waals surface area contributed by atoms with Crippen molar-refractivity contribution in [2.24, 2.45) is 0 Å². The van der Waals surface area contributed by atoms with Gasteiger partial charge in [0.15, 0.2) is 0 Å². The maximum Gasteiger partial charge on any atom is 0.273 e. The number of amides is 1. The lowest BCUT2D eigenvalue weighted by Gasteiger charge is -2.26. The summed E-state index contributed by atoms with van der Waals surface area (Å²) in [7, 11) is 0. The van der Waals surface area contributed by atoms with Gasteiger partial charge in [0.25, 0.3) is 11.1 Å². The number of hydrogen-bond donors (Lipinski definition) is 1. The van der Waals surface area contributed by atoms with E-state index in [1.54, 1.807) is 29.2 Å². The fourth-order valence-electron chi connectivity index (χ4n) is 2.74. The van der Waals surface area contributed by atoms with Gasteiger partial charge >= 0.3 is 0 Å². The minimum atomic E-state index is -0.350. The molecule has 6 heteroatoms. The first kappa shape index (κ1) is 13.6. The number of benzene rings is 1. The average Bonchev–Trinajstić information content (AvgIpc) is 2.53. The van der Waals surface area contributed by atoms with Crippen LogP contribution < -0.4 is 11.1 Å². The van der Waals surface area contributed by atoms with Crippen molar-refractivity contribution in [3.8, 4) is 0 Å². The normalized spacial score (nSPS) is 15.3. The van der Waals surface area contributed by atoms with E-state index in [1.165, 1.54) is 0 Å². The van der Waals surface area contributed by atoms with Gasteiger partial charge < -0.3 is 4.90 Å². The van der Waals surface area contributed by atoms with Gasteiger partial charge in [-0.1, -0.05) is 12.1 Å². The molecule has 0 aliphatic carbocycles. The molecule has 3 rings (SSSR count). The van der Waals surface area contributed by atoms with Gasteiger partial charge in [-0.15, -0.1) is 0 Å². The van der Waals surface area contributed by atoms with E-state index in [4.69, 9.17) is 0 Å². The molecule has 2 aromatic rings. The average molecular weight is 287 g/mol. The highest BCUT2D eigenvalue weighted by Crippen LogP contribution is 2.09. The molecule has 0 unspecified atom stereocenters. The monoisotopic (exact) mass is 287 g/mol. The third-order valence-corrected chi connectivity index (χ3v) is 3.89. The van der Waals surface area contributed by atoms with Crippen molar-refractivity contribution in [1.82, 2.24) is 14.7 Å². The summed E-state index contributed by atoms with van der Waals surface area (Å²) in [5.41, 5.74) is -0.688. The fourth-order valence-corrected chi connectivity index (χ4v) is 2.74. The largest absolute Gasteiger partial charge is 0.341 e. The summed E-state index contributed by atoms with van der Waals surface area (Å²) in [4.78, 5) is 38.3. The van der Waals surface area contributed by atoms with Gasteiger partial charge in [0.05, 0.1) is 10.8 Å². The summed E-state index contributed by atoms with van der Waals surface area (Å²) in [5, 5.41) is 3.18. The second kappa shape index (κ2) is 5.55. The van der Waals surface area contributed by atoms with Crippen LogP contribution in [-0.2, 0) is 11.3 Å². The highest BCUT2D eigenvalue weighted by atomic mass is 16.2. The molecule has 0 radical (unpaired) electrons. The van der Waals surface area contributed by atoms with E-state index >= 15 is 0 Å². The lowest BCUT2D eigenvalue weighted by Crippen LogP contribution is -2.41. The van der Waals surface area contributed by atoms with Crippen molar-refractivity contribution < 1.29 is 4.79 Å². The van der Waals surface area contributed by atoms with Crippen molar-refractivity contribution in [3.63, 3.8) is 0 Å². The number of carbonyl (C=O) groups is 1. The van der Waals surface area contributed by atoms with Crippen LogP contribution in [0.3, 0.4) is 0 Å². The van der Waals surface area contributed by atoms with E-state index in [9.17, 15) is 14.4 Å². The Kier molecular flexibility index (Phi) is 3.60. The van der Waals surface area contributed by atoms with Gasteiger partial charge in [0.2, 0.25) is 5.91 Å². The fraction of sp³-hybridized carbons (Fsp3) is 0.400. The lowest BCUT2D eigenvalue weighted by atomic mass is 10.1. The van der Waals surface area contributed by atoms with Crippen molar-refractivity contribution in [2.45, 2.75) is 25.8 Å². The number of rotatable bonds is 2. The third-order valence-electron chi connectivity index (χ3n) is 3.89. The number of nitrogens with zero attached hydrogens (tertiary/aromatic N) is 2. The van der Waals surface area contributed by atoms with Crippen LogP contribution in [0.25, 0.3) is 10.8 Å². The van der Waals surface area contributed by atoms with E-state index in [0.717, 1.165) is 37.0 Å². The third kappa shape index (κ3) is 2.61. The number of likely N-dealkylation sites (tertiary alicyclic amines) is 1. The van der Waals surface area contributed by atoms with E-state index < -0.39 is 0 Å². The number of piperidine rings is 1. The first-order valence-corrected chi connectivity index (χ1v) is 7.16. The number of H-pyrrole nitrogens is 1. The highest BCUT2D eigenvalue weighted by molar-refractivity contribution is 5.81.